The van der Waals surface area contributed by atoms with Gasteiger partial charge in [-0.25, -0.2) is 9.78 Å². The Labute approximate surface area is 117 Å². The summed E-state index contributed by atoms with van der Waals surface area (Å²) in [7, 11) is 0. The zero-order chi connectivity index (χ0) is 14.3. The maximum absolute atomic E-state index is 11.9. The van der Waals surface area contributed by atoms with Gasteiger partial charge in [0.1, 0.15) is 10.9 Å². The van der Waals surface area contributed by atoms with Crippen LogP contribution in [0.15, 0.2) is 6.20 Å². The Morgan fingerprint density at radius 3 is 2.74 bits per heavy atom. The van der Waals surface area contributed by atoms with Gasteiger partial charge in [0.25, 0.3) is 5.91 Å². The number of aliphatic carboxylic acids is 1. The zero-order valence-electron chi connectivity index (χ0n) is 11.3. The van der Waals surface area contributed by atoms with Crippen molar-refractivity contribution in [3.8, 4) is 0 Å². The number of unbranched alkanes of at least 4 members (excludes halogenated alkanes) is 1. The van der Waals surface area contributed by atoms with E-state index in [1.165, 1.54) is 17.5 Å². The van der Waals surface area contributed by atoms with Crippen LogP contribution < -0.4 is 5.32 Å². The number of thiazole rings is 1. The maximum atomic E-state index is 11.9. The molecule has 0 saturated carbocycles. The number of aromatic nitrogens is 1. The van der Waals surface area contributed by atoms with Gasteiger partial charge in [-0.15, -0.1) is 11.3 Å². The van der Waals surface area contributed by atoms with Crippen molar-refractivity contribution in [2.24, 2.45) is 0 Å². The lowest BCUT2D eigenvalue weighted by Gasteiger charge is -2.12. The molecule has 5 nitrogen and oxygen atoms in total. The number of amides is 1. The molecule has 0 aliphatic rings. The van der Waals surface area contributed by atoms with Crippen LogP contribution in [-0.2, 0) is 11.2 Å². The first-order valence-electron chi connectivity index (χ1n) is 6.56. The second-order valence-electron chi connectivity index (χ2n) is 4.37. The van der Waals surface area contributed by atoms with E-state index in [0.717, 1.165) is 30.7 Å². The topological polar surface area (TPSA) is 79.3 Å². The van der Waals surface area contributed by atoms with Gasteiger partial charge < -0.3 is 10.4 Å². The number of carboxylic acids is 1. The van der Waals surface area contributed by atoms with E-state index in [0.29, 0.717) is 11.3 Å². The highest BCUT2D eigenvalue weighted by Crippen LogP contribution is 2.15. The van der Waals surface area contributed by atoms with Crippen molar-refractivity contribution >= 4 is 23.2 Å². The molecular weight excluding hydrogens is 264 g/mol. The Morgan fingerprint density at radius 1 is 1.42 bits per heavy atom. The van der Waals surface area contributed by atoms with Gasteiger partial charge in [-0.3, -0.25) is 4.79 Å². The van der Waals surface area contributed by atoms with Crippen LogP contribution in [0.4, 0.5) is 0 Å². The smallest absolute Gasteiger partial charge is 0.326 e. The zero-order valence-corrected chi connectivity index (χ0v) is 12.1. The summed E-state index contributed by atoms with van der Waals surface area (Å²) in [5, 5.41) is 12.5. The van der Waals surface area contributed by atoms with Gasteiger partial charge in [0, 0.05) is 0 Å². The Balaban J connectivity index is 2.62. The maximum Gasteiger partial charge on any atom is 0.326 e. The van der Waals surface area contributed by atoms with E-state index in [1.807, 2.05) is 13.8 Å². The highest BCUT2D eigenvalue weighted by molar-refractivity contribution is 7.13. The predicted molar refractivity (Wildman–Crippen MR) is 74.5 cm³/mol. The second-order valence-corrected chi connectivity index (χ2v) is 5.49. The molecule has 0 aliphatic heterocycles. The fraction of sp³-hybridized carbons (Fsp3) is 0.615. The van der Waals surface area contributed by atoms with Gasteiger partial charge in [-0.2, -0.15) is 0 Å². The lowest BCUT2D eigenvalue weighted by Crippen LogP contribution is -2.40. The van der Waals surface area contributed by atoms with Crippen LogP contribution in [-0.4, -0.2) is 28.0 Å². The normalized spacial score (nSPS) is 12.1. The SMILES string of the molecule is CCCC[C@H](NC(=O)c1cnc(CCC)s1)C(=O)O. The minimum atomic E-state index is -0.986. The number of carbonyl (C=O) groups is 2. The highest BCUT2D eigenvalue weighted by atomic mass is 32.1. The molecule has 1 rings (SSSR count). The van der Waals surface area contributed by atoms with Crippen molar-refractivity contribution in [1.82, 2.24) is 10.3 Å². The molecule has 0 aliphatic carbocycles. The molecule has 2 N–H and O–H groups in total. The largest absolute Gasteiger partial charge is 0.480 e. The van der Waals surface area contributed by atoms with E-state index >= 15 is 0 Å². The van der Waals surface area contributed by atoms with E-state index in [2.05, 4.69) is 10.3 Å². The summed E-state index contributed by atoms with van der Waals surface area (Å²) < 4.78 is 0. The number of hydrogen-bond acceptors (Lipinski definition) is 4. The molecule has 0 bridgehead atoms. The van der Waals surface area contributed by atoms with Gasteiger partial charge in [0.05, 0.1) is 11.2 Å². The molecule has 6 heteroatoms. The third kappa shape index (κ3) is 4.98. The Hall–Kier alpha value is -1.43. The lowest BCUT2D eigenvalue weighted by atomic mass is 10.1. The minimum absolute atomic E-state index is 0.344. The Kier molecular flexibility index (Phi) is 6.49. The molecule has 0 saturated heterocycles. The molecule has 1 aromatic rings. The molecule has 1 heterocycles. The third-order valence-corrected chi connectivity index (χ3v) is 3.75. The molecule has 0 spiro atoms. The van der Waals surface area contributed by atoms with Crippen LogP contribution in [0.25, 0.3) is 0 Å². The van der Waals surface area contributed by atoms with Gasteiger partial charge in [-0.1, -0.05) is 26.7 Å². The van der Waals surface area contributed by atoms with Crippen molar-refractivity contribution in [3.63, 3.8) is 0 Å². The van der Waals surface area contributed by atoms with E-state index in [-0.39, 0.29) is 5.91 Å². The van der Waals surface area contributed by atoms with Crippen LogP contribution in [0, 0.1) is 0 Å². The van der Waals surface area contributed by atoms with E-state index < -0.39 is 12.0 Å². The molecule has 1 aromatic heterocycles. The molecule has 0 fully saturated rings. The molecule has 0 radical (unpaired) electrons. The van der Waals surface area contributed by atoms with Crippen LogP contribution >= 0.6 is 11.3 Å². The van der Waals surface area contributed by atoms with Gasteiger partial charge >= 0.3 is 5.97 Å². The van der Waals surface area contributed by atoms with E-state index in [1.54, 1.807) is 0 Å². The number of rotatable bonds is 8. The lowest BCUT2D eigenvalue weighted by molar-refractivity contribution is -0.139. The van der Waals surface area contributed by atoms with Crippen LogP contribution in [0.2, 0.25) is 0 Å². The summed E-state index contributed by atoms with van der Waals surface area (Å²) in [6.45, 7) is 4.04. The Bertz CT molecular complexity index is 431. The minimum Gasteiger partial charge on any atom is -0.480 e. The first kappa shape index (κ1) is 15.6. The second kappa shape index (κ2) is 7.89. The number of aryl methyl sites for hydroxylation is 1. The molecule has 0 aromatic carbocycles. The first-order valence-corrected chi connectivity index (χ1v) is 7.38. The fourth-order valence-electron chi connectivity index (χ4n) is 1.64. The Morgan fingerprint density at radius 2 is 2.16 bits per heavy atom. The summed E-state index contributed by atoms with van der Waals surface area (Å²) in [4.78, 5) is 27.6. The van der Waals surface area contributed by atoms with Crippen LogP contribution in [0.5, 0.6) is 0 Å². The monoisotopic (exact) mass is 284 g/mol. The van der Waals surface area contributed by atoms with Crippen molar-refractivity contribution in [1.29, 1.82) is 0 Å². The fourth-order valence-corrected chi connectivity index (χ4v) is 2.56. The summed E-state index contributed by atoms with van der Waals surface area (Å²) >= 11 is 1.33. The van der Waals surface area contributed by atoms with Crippen LogP contribution in [0.1, 0.15) is 54.2 Å². The number of hydrogen-bond donors (Lipinski definition) is 2. The standard InChI is InChI=1S/C13H20N2O3S/c1-3-5-7-9(13(17)18)15-12(16)10-8-14-11(19-10)6-4-2/h8-9H,3-7H2,1-2H3,(H,15,16)(H,17,18)/t9-/m0/s1. The van der Waals surface area contributed by atoms with Crippen LogP contribution in [0.3, 0.4) is 0 Å². The van der Waals surface area contributed by atoms with Crippen molar-refractivity contribution in [2.45, 2.75) is 52.0 Å². The number of carboxylic acid groups (broad SMARTS) is 1. The first-order chi connectivity index (χ1) is 9.08. The molecule has 19 heavy (non-hydrogen) atoms. The molecule has 0 unspecified atom stereocenters. The van der Waals surface area contributed by atoms with Gasteiger partial charge in [-0.05, 0) is 19.3 Å². The molecule has 106 valence electrons. The molecular formula is C13H20N2O3S. The number of carbonyl (C=O) groups excluding carboxylic acids is 1. The third-order valence-electron chi connectivity index (χ3n) is 2.69. The average molecular weight is 284 g/mol. The van der Waals surface area contributed by atoms with Crippen molar-refractivity contribution < 1.29 is 14.7 Å². The van der Waals surface area contributed by atoms with E-state index in [9.17, 15) is 9.59 Å². The number of nitrogens with one attached hydrogen (secondary N) is 1. The summed E-state index contributed by atoms with van der Waals surface area (Å²) in [6.07, 6.45) is 5.47. The summed E-state index contributed by atoms with van der Waals surface area (Å²) in [6, 6.07) is -0.816. The number of nitrogens with zero attached hydrogens (tertiary/aromatic N) is 1. The van der Waals surface area contributed by atoms with Crippen molar-refractivity contribution in [3.05, 3.63) is 16.1 Å². The predicted octanol–water partition coefficient (Wildman–Crippen LogP) is 2.47. The van der Waals surface area contributed by atoms with E-state index in [4.69, 9.17) is 5.11 Å². The van der Waals surface area contributed by atoms with Gasteiger partial charge in [0.15, 0.2) is 0 Å². The highest BCUT2D eigenvalue weighted by Gasteiger charge is 2.21. The quantitative estimate of drug-likeness (QED) is 0.768. The van der Waals surface area contributed by atoms with Gasteiger partial charge in [0.2, 0.25) is 0 Å². The average Bonchev–Trinajstić information content (AvgIpc) is 2.83. The van der Waals surface area contributed by atoms with Crippen molar-refractivity contribution in [2.75, 3.05) is 0 Å². The summed E-state index contributed by atoms with van der Waals surface area (Å²) in [5.74, 6) is -1.33. The molecule has 1 atom stereocenters. The summed E-state index contributed by atoms with van der Waals surface area (Å²) in [5.41, 5.74) is 0. The molecule has 1 amide bonds.